The van der Waals surface area contributed by atoms with E-state index in [-0.39, 0.29) is 11.1 Å². The molecule has 3 aliphatic heterocycles. The summed E-state index contributed by atoms with van der Waals surface area (Å²) in [6, 6.07) is 6.75. The van der Waals surface area contributed by atoms with Gasteiger partial charge in [0.2, 0.25) is 0 Å². The molecule has 0 spiro atoms. The van der Waals surface area contributed by atoms with Crippen LogP contribution >= 0.6 is 0 Å². The predicted octanol–water partition coefficient (Wildman–Crippen LogP) is -0.536. The standard InChI is InChI=1S/C15H14BN6O2/c17-14(23)10-3-1-8-5-21-7-22(16-21)6-9-2-4-11(15(18)24)13(20-9)12(10)19-8/h1-4H,5-7H2,(H2,17,23)(H2,18,24). The average Bonchev–Trinajstić information content (AvgIpc) is 2.53. The third-order valence-electron chi connectivity index (χ3n) is 4.08. The molecule has 2 unspecified atom stereocenters. The molecule has 119 valence electrons. The highest BCUT2D eigenvalue weighted by molar-refractivity contribution is 6.31. The van der Waals surface area contributed by atoms with Crippen molar-refractivity contribution in [2.75, 3.05) is 6.67 Å². The van der Waals surface area contributed by atoms with Crippen LogP contribution in [0.25, 0.3) is 11.4 Å². The van der Waals surface area contributed by atoms with Crippen LogP contribution in [0, 0.1) is 0 Å². The topological polar surface area (TPSA) is 118 Å². The molecule has 2 amide bonds. The van der Waals surface area contributed by atoms with Gasteiger partial charge in [-0.25, -0.2) is 9.97 Å². The predicted molar refractivity (Wildman–Crippen MR) is 86.2 cm³/mol. The number of nitrogens with zero attached hydrogens (tertiary/aromatic N) is 4. The molecule has 5 heterocycles. The Morgan fingerprint density at radius 1 is 0.875 bits per heavy atom. The van der Waals surface area contributed by atoms with Gasteiger partial charge in [0.05, 0.1) is 22.5 Å². The Kier molecular flexibility index (Phi) is 3.33. The number of pyridine rings is 2. The maximum atomic E-state index is 11.8. The molecule has 0 aromatic carbocycles. The number of primary amides is 2. The van der Waals surface area contributed by atoms with E-state index in [1.807, 2.05) is 7.55 Å². The first-order chi connectivity index (χ1) is 11.5. The van der Waals surface area contributed by atoms with Crippen molar-refractivity contribution in [1.29, 1.82) is 0 Å². The molecule has 3 aliphatic rings. The number of hydrogen-bond donors (Lipinski definition) is 2. The van der Waals surface area contributed by atoms with Crippen LogP contribution in [-0.4, -0.2) is 45.6 Å². The van der Waals surface area contributed by atoms with Crippen molar-refractivity contribution < 1.29 is 9.59 Å². The first-order valence-corrected chi connectivity index (χ1v) is 7.44. The fourth-order valence-electron chi connectivity index (χ4n) is 2.97. The zero-order chi connectivity index (χ0) is 16.8. The van der Waals surface area contributed by atoms with E-state index >= 15 is 0 Å². The van der Waals surface area contributed by atoms with E-state index in [1.165, 1.54) is 0 Å². The molecule has 2 aromatic rings. The van der Waals surface area contributed by atoms with Gasteiger partial charge in [0.15, 0.2) is 0 Å². The number of rotatable bonds is 2. The largest absolute Gasteiger partial charge is 0.366 e. The second kappa shape index (κ2) is 5.39. The van der Waals surface area contributed by atoms with Gasteiger partial charge in [-0.05, 0) is 24.3 Å². The van der Waals surface area contributed by atoms with Crippen molar-refractivity contribution in [3.63, 3.8) is 0 Å². The normalized spacial score (nSPS) is 21.0. The molecule has 0 aliphatic carbocycles. The molecule has 2 atom stereocenters. The molecule has 5 rings (SSSR count). The Labute approximate surface area is 138 Å². The summed E-state index contributed by atoms with van der Waals surface area (Å²) < 4.78 is 0. The number of carbonyl (C=O) groups is 2. The lowest BCUT2D eigenvalue weighted by atomic mass is 9.96. The summed E-state index contributed by atoms with van der Waals surface area (Å²) in [5.74, 6) is -1.25. The van der Waals surface area contributed by atoms with Crippen LogP contribution in [0.3, 0.4) is 0 Å². The lowest BCUT2D eigenvalue weighted by Gasteiger charge is -2.40. The molecule has 2 aromatic heterocycles. The minimum atomic E-state index is -0.624. The van der Waals surface area contributed by atoms with Gasteiger partial charge in [0, 0.05) is 19.8 Å². The van der Waals surface area contributed by atoms with E-state index < -0.39 is 11.8 Å². The molecule has 8 nitrogen and oxygen atoms in total. The average molecular weight is 321 g/mol. The van der Waals surface area contributed by atoms with Crippen molar-refractivity contribution in [3.05, 3.63) is 46.8 Å². The smallest absolute Gasteiger partial charge is 0.315 e. The summed E-state index contributed by atoms with van der Waals surface area (Å²) in [5, 5.41) is 0. The third kappa shape index (κ3) is 2.43. The Bertz CT molecular complexity index is 796. The molecule has 9 heteroatoms. The van der Waals surface area contributed by atoms with Gasteiger partial charge in [-0.15, -0.1) is 0 Å². The highest BCUT2D eigenvalue weighted by atomic mass is 16.1. The maximum absolute atomic E-state index is 11.8. The SMILES string of the molecule is NC(=O)c1ccc2nc1-c1nc(ccc1C(N)=O)CN1[B]N(C2)C1. The van der Waals surface area contributed by atoms with Crippen LogP contribution in [0.4, 0.5) is 0 Å². The lowest BCUT2D eigenvalue weighted by molar-refractivity contribution is 0.0990. The van der Waals surface area contributed by atoms with Crippen LogP contribution in [0.5, 0.6) is 0 Å². The zero-order valence-corrected chi connectivity index (χ0v) is 12.8. The van der Waals surface area contributed by atoms with Crippen molar-refractivity contribution >= 4 is 19.4 Å². The first kappa shape index (κ1) is 14.8. The van der Waals surface area contributed by atoms with Gasteiger partial charge < -0.3 is 21.1 Å². The number of hydrogen-bond acceptors (Lipinski definition) is 6. The van der Waals surface area contributed by atoms with Gasteiger partial charge in [-0.3, -0.25) is 9.59 Å². The fraction of sp³-hybridized carbons (Fsp3) is 0.200. The maximum Gasteiger partial charge on any atom is 0.315 e. The van der Waals surface area contributed by atoms with Crippen LogP contribution in [0.1, 0.15) is 32.1 Å². The van der Waals surface area contributed by atoms with Gasteiger partial charge in [-0.2, -0.15) is 0 Å². The Morgan fingerprint density at radius 3 is 1.67 bits per heavy atom. The number of aromatic nitrogens is 2. The van der Waals surface area contributed by atoms with E-state index in [4.69, 9.17) is 11.5 Å². The summed E-state index contributed by atoms with van der Waals surface area (Å²) in [4.78, 5) is 36.9. The number of amides is 2. The molecule has 1 radical (unpaired) electrons. The van der Waals surface area contributed by atoms with E-state index in [0.717, 1.165) is 18.1 Å². The molecule has 0 saturated carbocycles. The van der Waals surface area contributed by atoms with Crippen molar-refractivity contribution in [3.8, 4) is 11.4 Å². The van der Waals surface area contributed by atoms with Crippen LogP contribution < -0.4 is 11.5 Å². The van der Waals surface area contributed by atoms with Gasteiger partial charge in [0.1, 0.15) is 11.4 Å². The molecule has 1 saturated heterocycles. The summed E-state index contributed by atoms with van der Waals surface area (Å²) in [6.07, 6.45) is 0. The lowest BCUT2D eigenvalue weighted by Crippen LogP contribution is -2.57. The monoisotopic (exact) mass is 321 g/mol. The Morgan fingerprint density at radius 2 is 1.29 bits per heavy atom. The van der Waals surface area contributed by atoms with E-state index in [9.17, 15) is 9.59 Å². The first-order valence-electron chi connectivity index (χ1n) is 7.44. The van der Waals surface area contributed by atoms with Crippen molar-refractivity contribution in [1.82, 2.24) is 19.6 Å². The quantitative estimate of drug-likeness (QED) is 0.718. The Hall–Kier alpha value is -2.78. The van der Waals surface area contributed by atoms with Crippen molar-refractivity contribution in [2.45, 2.75) is 13.1 Å². The van der Waals surface area contributed by atoms with Crippen LogP contribution in [0.2, 0.25) is 0 Å². The third-order valence-corrected chi connectivity index (χ3v) is 4.08. The molecule has 24 heavy (non-hydrogen) atoms. The minimum absolute atomic E-state index is 0.219. The molecule has 1 fully saturated rings. The molecule has 4 N–H and O–H groups in total. The summed E-state index contributed by atoms with van der Waals surface area (Å²) in [7, 11) is 2.00. The summed E-state index contributed by atoms with van der Waals surface area (Å²) >= 11 is 0. The van der Waals surface area contributed by atoms with Gasteiger partial charge in [-0.1, -0.05) is 0 Å². The van der Waals surface area contributed by atoms with Gasteiger partial charge in [0.25, 0.3) is 11.8 Å². The second-order valence-corrected chi connectivity index (χ2v) is 5.88. The molecule has 6 bridgehead atoms. The second-order valence-electron chi connectivity index (χ2n) is 5.88. The van der Waals surface area contributed by atoms with E-state index in [1.54, 1.807) is 24.3 Å². The van der Waals surface area contributed by atoms with Crippen molar-refractivity contribution in [2.24, 2.45) is 11.5 Å². The summed E-state index contributed by atoms with van der Waals surface area (Å²) in [6.45, 7) is 1.97. The summed E-state index contributed by atoms with van der Waals surface area (Å²) in [5.41, 5.74) is 13.5. The van der Waals surface area contributed by atoms with E-state index in [2.05, 4.69) is 19.6 Å². The van der Waals surface area contributed by atoms with Crippen LogP contribution in [-0.2, 0) is 13.1 Å². The highest BCUT2D eigenvalue weighted by Gasteiger charge is 2.29. The van der Waals surface area contributed by atoms with E-state index in [0.29, 0.717) is 24.5 Å². The van der Waals surface area contributed by atoms with Crippen LogP contribution in [0.15, 0.2) is 24.3 Å². The van der Waals surface area contributed by atoms with Gasteiger partial charge >= 0.3 is 7.55 Å². The molecular weight excluding hydrogens is 307 g/mol. The Balaban J connectivity index is 1.98. The fourth-order valence-corrected chi connectivity index (χ4v) is 2.97. The minimum Gasteiger partial charge on any atom is -0.366 e. The molecular formula is C15H14BN6O2. The zero-order valence-electron chi connectivity index (χ0n) is 12.8. The number of nitrogens with two attached hydrogens (primary N) is 2. The number of carbonyl (C=O) groups excluding carboxylic acids is 2. The highest BCUT2D eigenvalue weighted by Crippen LogP contribution is 2.27.